The highest BCUT2D eigenvalue weighted by Crippen LogP contribution is 2.31. The Bertz CT molecular complexity index is 711. The van der Waals surface area contributed by atoms with Crippen molar-refractivity contribution in [3.63, 3.8) is 0 Å². The van der Waals surface area contributed by atoms with Crippen LogP contribution in [0.3, 0.4) is 0 Å². The van der Waals surface area contributed by atoms with Crippen molar-refractivity contribution in [2.45, 2.75) is 6.92 Å². The number of hydrogen-bond acceptors (Lipinski definition) is 2. The van der Waals surface area contributed by atoms with Crippen molar-refractivity contribution in [2.75, 3.05) is 0 Å². The van der Waals surface area contributed by atoms with Gasteiger partial charge in [-0.15, -0.1) is 0 Å². The number of ether oxygens (including phenoxy) is 1. The largest absolute Gasteiger partial charge is 0.478 e. The zero-order valence-electron chi connectivity index (χ0n) is 11.1. The molecule has 0 heterocycles. The molecule has 0 saturated heterocycles. The molecule has 0 aliphatic heterocycles. The number of hydrogen-bond donors (Lipinski definition) is 1. The standard InChI is InChI=1S/C16H12BrClO3/c1-10-2-5-12(17)8-15(10)21-13-6-3-11(14(18)9-13)4-7-16(19)20/h2-9H,1H3,(H,19,20)/b7-4+. The smallest absolute Gasteiger partial charge is 0.328 e. The molecule has 0 fully saturated rings. The predicted molar refractivity (Wildman–Crippen MR) is 87.1 cm³/mol. The average molecular weight is 368 g/mol. The normalized spacial score (nSPS) is 10.8. The maximum absolute atomic E-state index is 10.5. The highest BCUT2D eigenvalue weighted by atomic mass is 79.9. The quantitative estimate of drug-likeness (QED) is 0.746. The summed E-state index contributed by atoms with van der Waals surface area (Å²) in [6, 6.07) is 10.9. The Morgan fingerprint density at radius 2 is 2.05 bits per heavy atom. The number of aliphatic carboxylic acids is 1. The lowest BCUT2D eigenvalue weighted by Crippen LogP contribution is -1.89. The van der Waals surface area contributed by atoms with E-state index in [1.54, 1.807) is 18.2 Å². The minimum Gasteiger partial charge on any atom is -0.478 e. The average Bonchev–Trinajstić information content (AvgIpc) is 2.42. The molecule has 2 rings (SSSR count). The van der Waals surface area contributed by atoms with E-state index in [1.165, 1.54) is 6.08 Å². The van der Waals surface area contributed by atoms with Crippen LogP contribution in [0.2, 0.25) is 5.02 Å². The summed E-state index contributed by atoms with van der Waals surface area (Å²) in [5.74, 6) is 0.305. The molecule has 3 nitrogen and oxygen atoms in total. The van der Waals surface area contributed by atoms with Crippen molar-refractivity contribution in [2.24, 2.45) is 0 Å². The lowest BCUT2D eigenvalue weighted by Gasteiger charge is -2.10. The van der Waals surface area contributed by atoms with E-state index in [-0.39, 0.29) is 0 Å². The van der Waals surface area contributed by atoms with E-state index in [0.29, 0.717) is 16.3 Å². The van der Waals surface area contributed by atoms with E-state index in [9.17, 15) is 4.79 Å². The van der Waals surface area contributed by atoms with E-state index in [1.807, 2.05) is 25.1 Å². The fourth-order valence-electron chi connectivity index (χ4n) is 1.68. The fourth-order valence-corrected chi connectivity index (χ4v) is 2.25. The van der Waals surface area contributed by atoms with Gasteiger partial charge in [-0.25, -0.2) is 4.79 Å². The zero-order valence-corrected chi connectivity index (χ0v) is 13.5. The Kier molecular flexibility index (Phi) is 5.04. The molecular formula is C16H12BrClO3. The minimum absolute atomic E-state index is 0.428. The zero-order chi connectivity index (χ0) is 15.4. The maximum atomic E-state index is 10.5. The molecule has 21 heavy (non-hydrogen) atoms. The lowest BCUT2D eigenvalue weighted by atomic mass is 10.2. The molecule has 0 atom stereocenters. The third-order valence-electron chi connectivity index (χ3n) is 2.76. The fraction of sp³-hybridized carbons (Fsp3) is 0.0625. The number of carboxylic acid groups (broad SMARTS) is 1. The molecule has 0 aromatic heterocycles. The van der Waals surface area contributed by atoms with Crippen LogP contribution in [0.15, 0.2) is 46.9 Å². The highest BCUT2D eigenvalue weighted by Gasteiger charge is 2.05. The molecule has 108 valence electrons. The first-order valence-corrected chi connectivity index (χ1v) is 7.27. The minimum atomic E-state index is -1.02. The van der Waals surface area contributed by atoms with Crippen LogP contribution >= 0.6 is 27.5 Å². The number of benzene rings is 2. The van der Waals surface area contributed by atoms with Crippen LogP contribution < -0.4 is 4.74 Å². The third kappa shape index (κ3) is 4.34. The molecule has 0 amide bonds. The van der Waals surface area contributed by atoms with Crippen molar-refractivity contribution in [3.05, 3.63) is 63.1 Å². The number of rotatable bonds is 4. The second kappa shape index (κ2) is 6.78. The number of aryl methyl sites for hydroxylation is 1. The van der Waals surface area contributed by atoms with Gasteiger partial charge < -0.3 is 9.84 Å². The molecule has 0 radical (unpaired) electrons. The Hall–Kier alpha value is -1.78. The van der Waals surface area contributed by atoms with E-state index in [2.05, 4.69) is 15.9 Å². The van der Waals surface area contributed by atoms with E-state index in [0.717, 1.165) is 21.9 Å². The molecule has 0 aliphatic rings. The van der Waals surface area contributed by atoms with Crippen LogP contribution in [0.1, 0.15) is 11.1 Å². The molecule has 5 heteroatoms. The Morgan fingerprint density at radius 1 is 1.29 bits per heavy atom. The van der Waals surface area contributed by atoms with Crippen molar-refractivity contribution in [1.29, 1.82) is 0 Å². The van der Waals surface area contributed by atoms with Crippen molar-refractivity contribution in [1.82, 2.24) is 0 Å². The maximum Gasteiger partial charge on any atom is 0.328 e. The second-order valence-corrected chi connectivity index (χ2v) is 5.69. The van der Waals surface area contributed by atoms with Gasteiger partial charge in [0.05, 0.1) is 5.02 Å². The summed E-state index contributed by atoms with van der Waals surface area (Å²) in [6.07, 6.45) is 2.49. The van der Waals surface area contributed by atoms with Gasteiger partial charge in [0.25, 0.3) is 0 Å². The SMILES string of the molecule is Cc1ccc(Br)cc1Oc1ccc(/C=C/C(=O)O)c(Cl)c1. The second-order valence-electron chi connectivity index (χ2n) is 4.37. The summed E-state index contributed by atoms with van der Waals surface area (Å²) in [7, 11) is 0. The molecule has 0 aliphatic carbocycles. The van der Waals surface area contributed by atoms with Gasteiger partial charge in [0, 0.05) is 10.5 Å². The Balaban J connectivity index is 2.24. The van der Waals surface area contributed by atoms with Gasteiger partial charge in [-0.3, -0.25) is 0 Å². The van der Waals surface area contributed by atoms with Gasteiger partial charge in [-0.2, -0.15) is 0 Å². The molecular weight excluding hydrogens is 356 g/mol. The van der Waals surface area contributed by atoms with Crippen LogP contribution in [-0.4, -0.2) is 11.1 Å². The van der Waals surface area contributed by atoms with Gasteiger partial charge >= 0.3 is 5.97 Å². The first-order valence-electron chi connectivity index (χ1n) is 6.10. The van der Waals surface area contributed by atoms with Gasteiger partial charge in [0.15, 0.2) is 0 Å². The molecule has 0 unspecified atom stereocenters. The number of carboxylic acids is 1. The van der Waals surface area contributed by atoms with Crippen LogP contribution in [0, 0.1) is 6.92 Å². The first-order chi connectivity index (χ1) is 9.95. The summed E-state index contributed by atoms with van der Waals surface area (Å²) in [5, 5.41) is 9.04. The van der Waals surface area contributed by atoms with Gasteiger partial charge in [-0.1, -0.05) is 33.6 Å². The van der Waals surface area contributed by atoms with Crippen LogP contribution in [0.25, 0.3) is 6.08 Å². The van der Waals surface area contributed by atoms with Gasteiger partial charge in [0.2, 0.25) is 0 Å². The molecule has 2 aromatic rings. The van der Waals surface area contributed by atoms with Crippen LogP contribution in [0.4, 0.5) is 0 Å². The number of halogens is 2. The van der Waals surface area contributed by atoms with Crippen LogP contribution in [-0.2, 0) is 4.79 Å². The lowest BCUT2D eigenvalue weighted by molar-refractivity contribution is -0.131. The topological polar surface area (TPSA) is 46.5 Å². The van der Waals surface area contributed by atoms with Crippen molar-refractivity contribution >= 4 is 39.6 Å². The molecule has 0 bridgehead atoms. The Labute approximate surface area is 135 Å². The van der Waals surface area contributed by atoms with E-state index < -0.39 is 5.97 Å². The molecule has 0 saturated carbocycles. The van der Waals surface area contributed by atoms with Crippen molar-refractivity contribution < 1.29 is 14.6 Å². The van der Waals surface area contributed by atoms with Gasteiger partial charge in [-0.05, 0) is 54.5 Å². The first kappa shape index (κ1) is 15.6. The summed E-state index contributed by atoms with van der Waals surface area (Å²) in [6.45, 7) is 1.95. The van der Waals surface area contributed by atoms with Gasteiger partial charge in [0.1, 0.15) is 11.5 Å². The summed E-state index contributed by atoms with van der Waals surface area (Å²) >= 11 is 9.52. The molecule has 1 N–H and O–H groups in total. The number of carbonyl (C=O) groups is 1. The Morgan fingerprint density at radius 3 is 2.71 bits per heavy atom. The monoisotopic (exact) mass is 366 g/mol. The molecule has 2 aromatic carbocycles. The summed E-state index contributed by atoms with van der Waals surface area (Å²) in [5.41, 5.74) is 1.63. The summed E-state index contributed by atoms with van der Waals surface area (Å²) in [4.78, 5) is 10.5. The predicted octanol–water partition coefficient (Wildman–Crippen LogP) is 5.30. The van der Waals surface area contributed by atoms with Crippen LogP contribution in [0.5, 0.6) is 11.5 Å². The highest BCUT2D eigenvalue weighted by molar-refractivity contribution is 9.10. The van der Waals surface area contributed by atoms with E-state index in [4.69, 9.17) is 21.4 Å². The van der Waals surface area contributed by atoms with E-state index >= 15 is 0 Å². The summed E-state index contributed by atoms with van der Waals surface area (Å²) < 4.78 is 6.72. The molecule has 0 spiro atoms. The van der Waals surface area contributed by atoms with Crippen molar-refractivity contribution in [3.8, 4) is 11.5 Å². The third-order valence-corrected chi connectivity index (χ3v) is 3.58.